The predicted molar refractivity (Wildman–Crippen MR) is 73.6 cm³/mol. The van der Waals surface area contributed by atoms with Gasteiger partial charge in [0, 0.05) is 6.04 Å². The average Bonchev–Trinajstić information content (AvgIpc) is 2.60. The summed E-state index contributed by atoms with van der Waals surface area (Å²) >= 11 is 0. The van der Waals surface area contributed by atoms with E-state index in [0.717, 1.165) is 6.42 Å². The predicted octanol–water partition coefficient (Wildman–Crippen LogP) is 1.81. The number of nitrogens with two attached hydrogens (primary N) is 2. The maximum absolute atomic E-state index is 5.71. The lowest BCUT2D eigenvalue weighted by atomic mass is 10.2. The highest BCUT2D eigenvalue weighted by Gasteiger charge is 2.12. The van der Waals surface area contributed by atoms with Crippen LogP contribution in [0.3, 0.4) is 0 Å². The van der Waals surface area contributed by atoms with E-state index in [2.05, 4.69) is 28.8 Å². The van der Waals surface area contributed by atoms with Gasteiger partial charge in [-0.15, -0.1) is 24.8 Å². The molecule has 0 aliphatic rings. The van der Waals surface area contributed by atoms with E-state index >= 15 is 0 Å². The van der Waals surface area contributed by atoms with Crippen LogP contribution in [-0.2, 0) is 0 Å². The number of halogens is 2. The van der Waals surface area contributed by atoms with Crippen molar-refractivity contribution in [2.24, 2.45) is 0 Å². The molecule has 2 rings (SSSR count). The lowest BCUT2D eigenvalue weighted by molar-refractivity contribution is 0.541. The molecule has 8 heteroatoms. The molecule has 1 atom stereocenters. The molecule has 0 spiro atoms. The Morgan fingerprint density at radius 2 is 1.94 bits per heavy atom. The molecule has 0 aliphatic heterocycles. The van der Waals surface area contributed by atoms with Crippen LogP contribution in [0.5, 0.6) is 0 Å². The van der Waals surface area contributed by atoms with Gasteiger partial charge in [0.25, 0.3) is 0 Å². The van der Waals surface area contributed by atoms with Crippen molar-refractivity contribution < 1.29 is 0 Å². The van der Waals surface area contributed by atoms with E-state index in [1.165, 1.54) is 0 Å². The number of nitrogens with zero attached hydrogens (tertiary/aromatic N) is 4. The Balaban J connectivity index is 0.00000128. The highest BCUT2D eigenvalue weighted by molar-refractivity contribution is 5.85. The molecule has 1 unspecified atom stereocenters. The van der Waals surface area contributed by atoms with Gasteiger partial charge >= 0.3 is 0 Å². The van der Waals surface area contributed by atoms with Crippen LogP contribution in [0, 0.1) is 0 Å². The molecule has 2 heterocycles. The van der Waals surface area contributed by atoms with Crippen molar-refractivity contribution in [3.8, 4) is 0 Å². The van der Waals surface area contributed by atoms with Gasteiger partial charge in [0.15, 0.2) is 11.5 Å². The third-order valence-corrected chi connectivity index (χ3v) is 2.53. The standard InChI is InChI=1S/C9H14N6.2ClH/c1-3-5(2)15-4-12-6-7(10)13-9(11)14-8(6)15;;/h4-5H,3H2,1-2H3,(H4,10,11,13,14);2*1H. The Kier molecular flexibility index (Phi) is 5.44. The Hall–Kier alpha value is -1.27. The molecule has 0 aromatic carbocycles. The van der Waals surface area contributed by atoms with Gasteiger partial charge in [0.2, 0.25) is 5.95 Å². The topological polar surface area (TPSA) is 95.6 Å². The van der Waals surface area contributed by atoms with E-state index < -0.39 is 0 Å². The molecule has 2 aromatic rings. The van der Waals surface area contributed by atoms with Crippen LogP contribution in [0.1, 0.15) is 26.3 Å². The van der Waals surface area contributed by atoms with Crippen LogP contribution < -0.4 is 11.5 Å². The first-order chi connectivity index (χ1) is 7.13. The number of rotatable bonds is 2. The first kappa shape index (κ1) is 15.7. The number of fused-ring (bicyclic) bond motifs is 1. The zero-order chi connectivity index (χ0) is 11.0. The molecule has 0 radical (unpaired) electrons. The third-order valence-electron chi connectivity index (χ3n) is 2.53. The number of anilines is 2. The third kappa shape index (κ3) is 2.70. The number of hydrogen-bond acceptors (Lipinski definition) is 5. The first-order valence-corrected chi connectivity index (χ1v) is 4.89. The van der Waals surface area contributed by atoms with Gasteiger partial charge in [-0.3, -0.25) is 0 Å². The summed E-state index contributed by atoms with van der Waals surface area (Å²) in [6.45, 7) is 4.19. The molecule has 4 N–H and O–H groups in total. The van der Waals surface area contributed by atoms with Crippen LogP contribution in [-0.4, -0.2) is 19.5 Å². The van der Waals surface area contributed by atoms with E-state index in [1.807, 2.05) is 4.57 Å². The summed E-state index contributed by atoms with van der Waals surface area (Å²) < 4.78 is 1.96. The lowest BCUT2D eigenvalue weighted by Crippen LogP contribution is -2.06. The van der Waals surface area contributed by atoms with Gasteiger partial charge in [-0.2, -0.15) is 9.97 Å². The molecule has 0 bridgehead atoms. The number of imidazole rings is 1. The van der Waals surface area contributed by atoms with E-state index in [9.17, 15) is 0 Å². The highest BCUT2D eigenvalue weighted by atomic mass is 35.5. The van der Waals surface area contributed by atoms with Crippen molar-refractivity contribution in [2.75, 3.05) is 11.5 Å². The van der Waals surface area contributed by atoms with Gasteiger partial charge in [0.05, 0.1) is 6.33 Å². The van der Waals surface area contributed by atoms with Crippen LogP contribution in [0.2, 0.25) is 0 Å². The van der Waals surface area contributed by atoms with Crippen molar-refractivity contribution in [1.29, 1.82) is 0 Å². The summed E-state index contributed by atoms with van der Waals surface area (Å²) in [7, 11) is 0. The number of nitrogen functional groups attached to an aromatic ring is 2. The second-order valence-corrected chi connectivity index (χ2v) is 3.55. The minimum absolute atomic E-state index is 0. The zero-order valence-electron chi connectivity index (χ0n) is 9.62. The maximum atomic E-state index is 5.71. The number of aromatic nitrogens is 4. The summed E-state index contributed by atoms with van der Waals surface area (Å²) in [5, 5.41) is 0. The van der Waals surface area contributed by atoms with E-state index in [0.29, 0.717) is 23.0 Å². The fourth-order valence-electron chi connectivity index (χ4n) is 1.48. The van der Waals surface area contributed by atoms with Crippen molar-refractivity contribution in [3.63, 3.8) is 0 Å². The molecular weight excluding hydrogens is 263 g/mol. The largest absolute Gasteiger partial charge is 0.382 e. The minimum atomic E-state index is 0. The van der Waals surface area contributed by atoms with E-state index in [-0.39, 0.29) is 30.8 Å². The second kappa shape index (κ2) is 5.88. The van der Waals surface area contributed by atoms with Crippen LogP contribution in [0.15, 0.2) is 6.33 Å². The molecule has 6 nitrogen and oxygen atoms in total. The van der Waals surface area contributed by atoms with Crippen LogP contribution in [0.4, 0.5) is 11.8 Å². The fraction of sp³-hybridized carbons (Fsp3) is 0.444. The van der Waals surface area contributed by atoms with Crippen molar-refractivity contribution in [3.05, 3.63) is 6.33 Å². The molecular formula is C9H16Cl2N6. The Bertz CT molecular complexity index is 497. The molecule has 0 saturated heterocycles. The van der Waals surface area contributed by atoms with Gasteiger partial charge < -0.3 is 16.0 Å². The van der Waals surface area contributed by atoms with Crippen molar-refractivity contribution in [1.82, 2.24) is 19.5 Å². The quantitative estimate of drug-likeness (QED) is 0.873. The minimum Gasteiger partial charge on any atom is -0.382 e. The van der Waals surface area contributed by atoms with Gasteiger partial charge in [-0.05, 0) is 13.3 Å². The summed E-state index contributed by atoms with van der Waals surface area (Å²) in [4.78, 5) is 12.2. The van der Waals surface area contributed by atoms with E-state index in [4.69, 9.17) is 11.5 Å². The molecule has 0 saturated carbocycles. The van der Waals surface area contributed by atoms with Crippen LogP contribution >= 0.6 is 24.8 Å². The number of hydrogen-bond donors (Lipinski definition) is 2. The zero-order valence-corrected chi connectivity index (χ0v) is 11.3. The molecule has 0 amide bonds. The smallest absolute Gasteiger partial charge is 0.224 e. The second-order valence-electron chi connectivity index (χ2n) is 3.55. The Morgan fingerprint density at radius 3 is 2.53 bits per heavy atom. The average molecular weight is 279 g/mol. The Labute approximate surface area is 112 Å². The van der Waals surface area contributed by atoms with E-state index in [1.54, 1.807) is 6.33 Å². The highest BCUT2D eigenvalue weighted by Crippen LogP contribution is 2.21. The summed E-state index contributed by atoms with van der Waals surface area (Å²) in [5.74, 6) is 0.518. The van der Waals surface area contributed by atoms with Crippen LogP contribution in [0.25, 0.3) is 11.2 Å². The van der Waals surface area contributed by atoms with Gasteiger partial charge in [0.1, 0.15) is 5.52 Å². The Morgan fingerprint density at radius 1 is 1.29 bits per heavy atom. The summed E-state index contributed by atoms with van der Waals surface area (Å²) in [5.41, 5.74) is 12.6. The molecule has 0 fully saturated rings. The SMILES string of the molecule is CCC(C)n1cnc2c(N)nc(N)nc21.Cl.Cl. The first-order valence-electron chi connectivity index (χ1n) is 4.89. The van der Waals surface area contributed by atoms with Gasteiger partial charge in [-0.25, -0.2) is 4.98 Å². The fourth-order valence-corrected chi connectivity index (χ4v) is 1.48. The maximum Gasteiger partial charge on any atom is 0.224 e. The summed E-state index contributed by atoms with van der Waals surface area (Å²) in [6.07, 6.45) is 2.72. The molecule has 0 aliphatic carbocycles. The normalized spacial score (nSPS) is 11.6. The molecule has 2 aromatic heterocycles. The van der Waals surface area contributed by atoms with Crippen molar-refractivity contribution in [2.45, 2.75) is 26.3 Å². The molecule has 96 valence electrons. The van der Waals surface area contributed by atoms with Gasteiger partial charge in [-0.1, -0.05) is 6.92 Å². The van der Waals surface area contributed by atoms with Crippen molar-refractivity contribution >= 4 is 47.7 Å². The summed E-state index contributed by atoms with van der Waals surface area (Å²) in [6, 6.07) is 0.323. The monoisotopic (exact) mass is 278 g/mol. The lowest BCUT2D eigenvalue weighted by Gasteiger charge is -2.10. The molecule has 17 heavy (non-hydrogen) atoms.